The monoisotopic (exact) mass is 291 g/mol. The highest BCUT2D eigenvalue weighted by molar-refractivity contribution is 5.46. The zero-order chi connectivity index (χ0) is 15.2. The number of nitriles is 1. The van der Waals surface area contributed by atoms with E-state index >= 15 is 0 Å². The van der Waals surface area contributed by atoms with Crippen LogP contribution in [-0.2, 0) is 13.0 Å². The molecule has 1 fully saturated rings. The molecule has 1 heterocycles. The van der Waals surface area contributed by atoms with Crippen LogP contribution in [0.1, 0.15) is 11.1 Å². The predicted molar refractivity (Wildman–Crippen MR) is 89.7 cm³/mol. The Morgan fingerprint density at radius 3 is 2.32 bits per heavy atom. The number of para-hydroxylation sites is 1. The Balaban J connectivity index is 1.56. The fourth-order valence-electron chi connectivity index (χ4n) is 2.99. The minimum absolute atomic E-state index is 0.496. The summed E-state index contributed by atoms with van der Waals surface area (Å²) in [6.07, 6.45) is 0.496. The molecule has 0 aliphatic carbocycles. The highest BCUT2D eigenvalue weighted by Gasteiger charge is 2.17. The van der Waals surface area contributed by atoms with Gasteiger partial charge in [0.25, 0.3) is 0 Å². The molecule has 1 aliphatic rings. The van der Waals surface area contributed by atoms with Gasteiger partial charge in [0.1, 0.15) is 0 Å². The van der Waals surface area contributed by atoms with Gasteiger partial charge in [-0.15, -0.1) is 0 Å². The molecule has 112 valence electrons. The lowest BCUT2D eigenvalue weighted by Gasteiger charge is -2.36. The van der Waals surface area contributed by atoms with E-state index in [-0.39, 0.29) is 0 Å². The van der Waals surface area contributed by atoms with Crippen molar-refractivity contribution in [3.05, 3.63) is 65.7 Å². The average Bonchev–Trinajstić information content (AvgIpc) is 2.57. The van der Waals surface area contributed by atoms with Gasteiger partial charge < -0.3 is 4.90 Å². The number of rotatable bonds is 4. The molecule has 0 bridgehead atoms. The molecule has 2 aromatic carbocycles. The van der Waals surface area contributed by atoms with E-state index in [1.807, 2.05) is 6.07 Å². The van der Waals surface area contributed by atoms with Gasteiger partial charge >= 0.3 is 0 Å². The van der Waals surface area contributed by atoms with Crippen molar-refractivity contribution in [2.75, 3.05) is 31.1 Å². The number of anilines is 1. The fourth-order valence-corrected chi connectivity index (χ4v) is 2.99. The largest absolute Gasteiger partial charge is 0.369 e. The molecular formula is C19H21N3. The molecule has 2 aromatic rings. The van der Waals surface area contributed by atoms with Crippen molar-refractivity contribution in [1.29, 1.82) is 5.26 Å². The molecule has 22 heavy (non-hydrogen) atoms. The minimum atomic E-state index is 0.496. The summed E-state index contributed by atoms with van der Waals surface area (Å²) >= 11 is 0. The first kappa shape index (κ1) is 14.6. The summed E-state index contributed by atoms with van der Waals surface area (Å²) in [6, 6.07) is 21.2. The third-order valence-electron chi connectivity index (χ3n) is 4.17. The van der Waals surface area contributed by atoms with Crippen LogP contribution in [0, 0.1) is 11.3 Å². The quantitative estimate of drug-likeness (QED) is 0.867. The Morgan fingerprint density at radius 1 is 0.864 bits per heavy atom. The first-order valence-electron chi connectivity index (χ1n) is 7.82. The summed E-state index contributed by atoms with van der Waals surface area (Å²) in [4.78, 5) is 4.94. The summed E-state index contributed by atoms with van der Waals surface area (Å²) in [5.74, 6) is 0. The van der Waals surface area contributed by atoms with E-state index in [0.717, 1.165) is 38.3 Å². The maximum atomic E-state index is 8.80. The molecule has 3 rings (SSSR count). The molecule has 0 amide bonds. The van der Waals surface area contributed by atoms with Crippen LogP contribution in [0.2, 0.25) is 0 Å². The normalized spacial score (nSPS) is 15.5. The highest BCUT2D eigenvalue weighted by Crippen LogP contribution is 2.17. The first-order valence-corrected chi connectivity index (χ1v) is 7.82. The molecule has 0 radical (unpaired) electrons. The Bertz CT molecular complexity index is 637. The maximum Gasteiger partial charge on any atom is 0.0669 e. The van der Waals surface area contributed by atoms with E-state index in [0.29, 0.717) is 6.42 Å². The molecule has 3 nitrogen and oxygen atoms in total. The standard InChI is InChI=1S/C19H21N3/c20-10-9-17-5-4-6-18(15-17)16-21-11-13-22(14-12-21)19-7-2-1-3-8-19/h1-8,15H,9,11-14,16H2. The molecule has 1 aliphatic heterocycles. The lowest BCUT2D eigenvalue weighted by Crippen LogP contribution is -2.45. The first-order chi connectivity index (χ1) is 10.8. The van der Waals surface area contributed by atoms with Crippen LogP contribution in [-0.4, -0.2) is 31.1 Å². The number of nitrogens with zero attached hydrogens (tertiary/aromatic N) is 3. The molecule has 0 saturated carbocycles. The van der Waals surface area contributed by atoms with Gasteiger partial charge in [-0.2, -0.15) is 5.26 Å². The van der Waals surface area contributed by atoms with Crippen molar-refractivity contribution in [3.8, 4) is 6.07 Å². The van der Waals surface area contributed by atoms with Crippen molar-refractivity contribution in [2.45, 2.75) is 13.0 Å². The van der Waals surface area contributed by atoms with Gasteiger partial charge in [0.2, 0.25) is 0 Å². The molecule has 3 heteroatoms. The van der Waals surface area contributed by atoms with Gasteiger partial charge in [0, 0.05) is 38.4 Å². The number of piperazine rings is 1. The lowest BCUT2D eigenvalue weighted by molar-refractivity contribution is 0.250. The van der Waals surface area contributed by atoms with Crippen LogP contribution in [0.4, 0.5) is 5.69 Å². The van der Waals surface area contributed by atoms with Gasteiger partial charge in [-0.05, 0) is 23.3 Å². The van der Waals surface area contributed by atoms with Crippen molar-refractivity contribution in [3.63, 3.8) is 0 Å². The van der Waals surface area contributed by atoms with Gasteiger partial charge in [-0.3, -0.25) is 4.90 Å². The smallest absolute Gasteiger partial charge is 0.0669 e. The Hall–Kier alpha value is -2.31. The molecule has 0 aromatic heterocycles. The second-order valence-electron chi connectivity index (χ2n) is 5.75. The zero-order valence-corrected chi connectivity index (χ0v) is 12.8. The number of benzene rings is 2. The van der Waals surface area contributed by atoms with Crippen LogP contribution in [0.15, 0.2) is 54.6 Å². The van der Waals surface area contributed by atoms with Crippen LogP contribution in [0.5, 0.6) is 0 Å². The molecule has 1 saturated heterocycles. The van der Waals surface area contributed by atoms with Crippen LogP contribution in [0.25, 0.3) is 0 Å². The summed E-state index contributed by atoms with van der Waals surface area (Å²) in [5.41, 5.74) is 3.74. The van der Waals surface area contributed by atoms with Gasteiger partial charge in [-0.1, -0.05) is 42.5 Å². The second-order valence-corrected chi connectivity index (χ2v) is 5.75. The predicted octanol–water partition coefficient (Wildman–Crippen LogP) is 3.07. The van der Waals surface area contributed by atoms with Crippen LogP contribution < -0.4 is 4.90 Å². The van der Waals surface area contributed by atoms with E-state index in [1.165, 1.54) is 11.3 Å². The van der Waals surface area contributed by atoms with E-state index in [9.17, 15) is 0 Å². The van der Waals surface area contributed by atoms with E-state index in [1.54, 1.807) is 0 Å². The second kappa shape index (κ2) is 7.11. The van der Waals surface area contributed by atoms with Gasteiger partial charge in [-0.25, -0.2) is 0 Å². The summed E-state index contributed by atoms with van der Waals surface area (Å²) < 4.78 is 0. The van der Waals surface area contributed by atoms with Crippen molar-refractivity contribution < 1.29 is 0 Å². The topological polar surface area (TPSA) is 30.3 Å². The fraction of sp³-hybridized carbons (Fsp3) is 0.316. The molecule has 0 N–H and O–H groups in total. The van der Waals surface area contributed by atoms with Crippen LogP contribution >= 0.6 is 0 Å². The number of hydrogen-bond donors (Lipinski definition) is 0. The maximum absolute atomic E-state index is 8.80. The summed E-state index contributed by atoms with van der Waals surface area (Å²) in [5, 5.41) is 8.80. The SMILES string of the molecule is N#CCc1cccc(CN2CCN(c3ccccc3)CC2)c1. The highest BCUT2D eigenvalue weighted by atomic mass is 15.3. The van der Waals surface area contributed by atoms with E-state index in [2.05, 4.69) is 64.4 Å². The third kappa shape index (κ3) is 3.66. The molecule has 0 unspecified atom stereocenters. The molecule has 0 atom stereocenters. The average molecular weight is 291 g/mol. The molecular weight excluding hydrogens is 270 g/mol. The summed E-state index contributed by atoms with van der Waals surface area (Å²) in [6.45, 7) is 5.28. The number of hydrogen-bond acceptors (Lipinski definition) is 3. The Labute approximate surface area is 132 Å². The third-order valence-corrected chi connectivity index (χ3v) is 4.17. The van der Waals surface area contributed by atoms with Crippen molar-refractivity contribution >= 4 is 5.69 Å². The Morgan fingerprint density at radius 2 is 1.59 bits per heavy atom. The molecule has 0 spiro atoms. The Kier molecular flexibility index (Phi) is 4.72. The van der Waals surface area contributed by atoms with Gasteiger partial charge in [0.05, 0.1) is 12.5 Å². The van der Waals surface area contributed by atoms with Crippen molar-refractivity contribution in [1.82, 2.24) is 4.90 Å². The summed E-state index contributed by atoms with van der Waals surface area (Å²) in [7, 11) is 0. The van der Waals surface area contributed by atoms with E-state index < -0.39 is 0 Å². The van der Waals surface area contributed by atoms with Crippen molar-refractivity contribution in [2.24, 2.45) is 0 Å². The van der Waals surface area contributed by atoms with Gasteiger partial charge in [0.15, 0.2) is 0 Å². The van der Waals surface area contributed by atoms with Crippen LogP contribution in [0.3, 0.4) is 0 Å². The zero-order valence-electron chi connectivity index (χ0n) is 12.8. The minimum Gasteiger partial charge on any atom is -0.369 e. The van der Waals surface area contributed by atoms with E-state index in [4.69, 9.17) is 5.26 Å². The lowest BCUT2D eigenvalue weighted by atomic mass is 10.1.